The third kappa shape index (κ3) is 2.92. The molecule has 0 aromatic carbocycles. The van der Waals surface area contributed by atoms with Crippen LogP contribution in [0.2, 0.25) is 18.1 Å². The second kappa shape index (κ2) is 4.37. The summed E-state index contributed by atoms with van der Waals surface area (Å²) in [5, 5.41) is 0.131. The fourth-order valence-electron chi connectivity index (χ4n) is 0.968. The van der Waals surface area contributed by atoms with Crippen molar-refractivity contribution in [3.63, 3.8) is 0 Å². The van der Waals surface area contributed by atoms with Gasteiger partial charge in [-0.2, -0.15) is 0 Å². The van der Waals surface area contributed by atoms with E-state index in [4.69, 9.17) is 4.43 Å². The molecule has 0 bridgehead atoms. The van der Waals surface area contributed by atoms with Crippen LogP contribution in [0.1, 0.15) is 31.3 Å². The molecule has 88 valence electrons. The number of carbonyl (C=O) groups excluding carboxylic acids is 1. The second-order valence-corrected chi connectivity index (χ2v) is 10.1. The molecule has 0 amide bonds. The van der Waals surface area contributed by atoms with E-state index in [2.05, 4.69) is 38.8 Å². The van der Waals surface area contributed by atoms with Gasteiger partial charge in [0.25, 0.3) is 8.32 Å². The first-order chi connectivity index (χ1) is 7.26. The van der Waals surface area contributed by atoms with Gasteiger partial charge in [0.05, 0.1) is 0 Å². The van der Waals surface area contributed by atoms with Crippen LogP contribution in [-0.4, -0.2) is 19.6 Å². The van der Waals surface area contributed by atoms with E-state index in [-0.39, 0.29) is 5.04 Å². The van der Waals surface area contributed by atoms with Gasteiger partial charge in [-0.05, 0) is 30.3 Å². The van der Waals surface area contributed by atoms with Crippen LogP contribution in [0.25, 0.3) is 0 Å². The van der Waals surface area contributed by atoms with Crippen molar-refractivity contribution in [2.24, 2.45) is 0 Å². The predicted octanol–water partition coefficient (Wildman–Crippen LogP) is 3.28. The van der Waals surface area contributed by atoms with E-state index in [0.29, 0.717) is 11.6 Å². The van der Waals surface area contributed by atoms with Crippen LogP contribution in [0.5, 0.6) is 5.88 Å². The summed E-state index contributed by atoms with van der Waals surface area (Å²) in [7, 11) is -1.86. The van der Waals surface area contributed by atoms with Gasteiger partial charge in [0.2, 0.25) is 0 Å². The maximum absolute atomic E-state index is 10.6. The standard InChI is InChI=1S/C12H19NO2Si/c1-12(2,3)16(4,5)15-11-8-6-7-10(9-14)13-11/h6-9H,1-5H3. The molecule has 4 heteroatoms. The highest BCUT2D eigenvalue weighted by Gasteiger charge is 2.39. The van der Waals surface area contributed by atoms with E-state index in [0.717, 1.165) is 6.29 Å². The van der Waals surface area contributed by atoms with Crippen molar-refractivity contribution < 1.29 is 9.22 Å². The fraction of sp³-hybridized carbons (Fsp3) is 0.500. The Labute approximate surface area is 98.0 Å². The molecular weight excluding hydrogens is 218 g/mol. The highest BCUT2D eigenvalue weighted by Crippen LogP contribution is 2.36. The Morgan fingerprint density at radius 1 is 1.31 bits per heavy atom. The minimum absolute atomic E-state index is 0.131. The minimum Gasteiger partial charge on any atom is -0.531 e. The molecule has 0 unspecified atom stereocenters. The average Bonchev–Trinajstić information content (AvgIpc) is 2.15. The Kier molecular flexibility index (Phi) is 3.53. The third-order valence-electron chi connectivity index (χ3n) is 3.03. The first kappa shape index (κ1) is 12.9. The van der Waals surface area contributed by atoms with Crippen molar-refractivity contribution in [1.82, 2.24) is 4.98 Å². The van der Waals surface area contributed by atoms with Crippen molar-refractivity contribution in [3.8, 4) is 5.88 Å². The van der Waals surface area contributed by atoms with E-state index in [1.165, 1.54) is 0 Å². The average molecular weight is 237 g/mol. The van der Waals surface area contributed by atoms with Crippen LogP contribution in [-0.2, 0) is 0 Å². The number of hydrogen-bond donors (Lipinski definition) is 0. The molecule has 0 aliphatic carbocycles. The third-order valence-corrected chi connectivity index (χ3v) is 7.36. The number of rotatable bonds is 3. The molecule has 0 fully saturated rings. The zero-order valence-corrected chi connectivity index (χ0v) is 11.6. The minimum atomic E-state index is -1.86. The zero-order chi connectivity index (χ0) is 12.4. The topological polar surface area (TPSA) is 39.2 Å². The summed E-state index contributed by atoms with van der Waals surface area (Å²) >= 11 is 0. The van der Waals surface area contributed by atoms with Crippen molar-refractivity contribution >= 4 is 14.6 Å². The molecule has 0 spiro atoms. The number of pyridine rings is 1. The molecule has 0 saturated carbocycles. The van der Waals surface area contributed by atoms with Gasteiger partial charge >= 0.3 is 0 Å². The van der Waals surface area contributed by atoms with Gasteiger partial charge < -0.3 is 4.43 Å². The summed E-state index contributed by atoms with van der Waals surface area (Å²) in [6.45, 7) is 10.8. The molecule has 0 saturated heterocycles. The van der Waals surface area contributed by atoms with E-state index in [9.17, 15) is 4.79 Å². The van der Waals surface area contributed by atoms with E-state index >= 15 is 0 Å². The molecule has 1 aromatic heterocycles. The highest BCUT2D eigenvalue weighted by molar-refractivity contribution is 6.74. The number of aldehydes is 1. The normalized spacial score (nSPS) is 12.3. The van der Waals surface area contributed by atoms with Gasteiger partial charge in [-0.3, -0.25) is 4.79 Å². The van der Waals surface area contributed by atoms with Crippen LogP contribution in [0.4, 0.5) is 0 Å². The molecule has 0 atom stereocenters. The summed E-state index contributed by atoms with van der Waals surface area (Å²) in [5.41, 5.74) is 0.413. The Hall–Kier alpha value is -1.16. The summed E-state index contributed by atoms with van der Waals surface area (Å²) in [6.07, 6.45) is 0.735. The van der Waals surface area contributed by atoms with Crippen LogP contribution >= 0.6 is 0 Å². The van der Waals surface area contributed by atoms with Gasteiger partial charge in [-0.25, -0.2) is 4.98 Å². The number of nitrogens with zero attached hydrogens (tertiary/aromatic N) is 1. The van der Waals surface area contributed by atoms with Crippen LogP contribution in [0.3, 0.4) is 0 Å². The second-order valence-electron chi connectivity index (χ2n) is 5.38. The smallest absolute Gasteiger partial charge is 0.252 e. The predicted molar refractivity (Wildman–Crippen MR) is 67.4 cm³/mol. The van der Waals surface area contributed by atoms with Gasteiger partial charge in [0, 0.05) is 0 Å². The highest BCUT2D eigenvalue weighted by atomic mass is 28.4. The Bertz CT molecular complexity index is 383. The molecule has 0 aliphatic heterocycles. The first-order valence-corrected chi connectivity index (χ1v) is 8.28. The molecular formula is C12H19NO2Si. The van der Waals surface area contributed by atoms with Crippen molar-refractivity contribution in [2.75, 3.05) is 0 Å². The van der Waals surface area contributed by atoms with E-state index < -0.39 is 8.32 Å². The van der Waals surface area contributed by atoms with Gasteiger partial charge in [-0.15, -0.1) is 0 Å². The first-order valence-electron chi connectivity index (χ1n) is 5.37. The summed E-state index contributed by atoms with van der Waals surface area (Å²) in [6, 6.07) is 5.26. The van der Waals surface area contributed by atoms with Gasteiger partial charge in [-0.1, -0.05) is 26.8 Å². The Balaban J connectivity index is 2.92. The molecule has 16 heavy (non-hydrogen) atoms. The lowest BCUT2D eigenvalue weighted by Crippen LogP contribution is -2.44. The number of hydrogen-bond acceptors (Lipinski definition) is 3. The lowest BCUT2D eigenvalue weighted by atomic mass is 10.2. The lowest BCUT2D eigenvalue weighted by molar-refractivity contribution is 0.111. The van der Waals surface area contributed by atoms with Crippen LogP contribution < -0.4 is 4.43 Å². The van der Waals surface area contributed by atoms with Crippen molar-refractivity contribution in [3.05, 3.63) is 23.9 Å². The zero-order valence-electron chi connectivity index (χ0n) is 10.6. The molecule has 1 aromatic rings. The van der Waals surface area contributed by atoms with E-state index in [1.54, 1.807) is 18.2 Å². The lowest BCUT2D eigenvalue weighted by Gasteiger charge is -2.35. The maximum atomic E-state index is 10.6. The molecule has 1 heterocycles. The summed E-state index contributed by atoms with van der Waals surface area (Å²) in [4.78, 5) is 14.7. The largest absolute Gasteiger partial charge is 0.531 e. The molecule has 1 rings (SSSR count). The molecule has 3 nitrogen and oxygen atoms in total. The summed E-state index contributed by atoms with van der Waals surface area (Å²) in [5.74, 6) is 0.552. The van der Waals surface area contributed by atoms with E-state index in [1.807, 2.05) is 0 Å². The Morgan fingerprint density at radius 2 is 1.94 bits per heavy atom. The van der Waals surface area contributed by atoms with Crippen molar-refractivity contribution in [1.29, 1.82) is 0 Å². The number of aromatic nitrogens is 1. The molecule has 0 N–H and O–H groups in total. The fourth-order valence-corrected chi connectivity index (χ4v) is 1.91. The van der Waals surface area contributed by atoms with Gasteiger partial charge in [0.1, 0.15) is 5.69 Å². The molecule has 0 aliphatic rings. The van der Waals surface area contributed by atoms with Gasteiger partial charge in [0.15, 0.2) is 12.2 Å². The van der Waals surface area contributed by atoms with Crippen LogP contribution in [0.15, 0.2) is 18.2 Å². The maximum Gasteiger partial charge on any atom is 0.252 e. The Morgan fingerprint density at radius 3 is 2.44 bits per heavy atom. The van der Waals surface area contributed by atoms with Crippen molar-refractivity contribution in [2.45, 2.75) is 38.9 Å². The SMILES string of the molecule is CC(C)(C)[Si](C)(C)Oc1cccc(C=O)n1. The molecule has 0 radical (unpaired) electrons. The quantitative estimate of drug-likeness (QED) is 0.598. The van der Waals surface area contributed by atoms with Crippen LogP contribution in [0, 0.1) is 0 Å². The summed E-state index contributed by atoms with van der Waals surface area (Å²) < 4.78 is 5.98. The monoisotopic (exact) mass is 237 g/mol. The number of carbonyl (C=O) groups is 1.